The zero-order valence-corrected chi connectivity index (χ0v) is 21.2. The molecule has 1 saturated heterocycles. The highest BCUT2D eigenvalue weighted by atomic mass is 16.5. The Morgan fingerprint density at radius 1 is 1.00 bits per heavy atom. The molecule has 0 bridgehead atoms. The first-order valence-corrected chi connectivity index (χ1v) is 13.3. The van der Waals surface area contributed by atoms with E-state index in [1.807, 2.05) is 24.3 Å². The van der Waals surface area contributed by atoms with Crippen LogP contribution in [0.2, 0.25) is 0 Å². The molecule has 5 heteroatoms. The van der Waals surface area contributed by atoms with Crippen LogP contribution in [0.5, 0.6) is 5.75 Å². The Hall–Kier alpha value is -2.79. The van der Waals surface area contributed by atoms with Crippen molar-refractivity contribution < 1.29 is 9.53 Å². The van der Waals surface area contributed by atoms with Gasteiger partial charge in [-0.05, 0) is 87.2 Å². The van der Waals surface area contributed by atoms with Gasteiger partial charge in [0.2, 0.25) is 5.91 Å². The third kappa shape index (κ3) is 7.86. The van der Waals surface area contributed by atoms with Crippen LogP contribution in [-0.4, -0.2) is 45.2 Å². The van der Waals surface area contributed by atoms with Gasteiger partial charge < -0.3 is 20.3 Å². The number of carbonyl (C=O) groups excluding carboxylic acids is 1. The number of piperidine rings is 1. The van der Waals surface area contributed by atoms with Gasteiger partial charge in [0.25, 0.3) is 0 Å². The summed E-state index contributed by atoms with van der Waals surface area (Å²) in [5.41, 5.74) is 5.08. The summed E-state index contributed by atoms with van der Waals surface area (Å²) in [5.74, 6) is 0.928. The van der Waals surface area contributed by atoms with Crippen LogP contribution in [0.25, 0.3) is 0 Å². The zero-order chi connectivity index (χ0) is 24.3. The van der Waals surface area contributed by atoms with E-state index >= 15 is 0 Å². The molecule has 0 unspecified atom stereocenters. The summed E-state index contributed by atoms with van der Waals surface area (Å²) >= 11 is 0. The van der Waals surface area contributed by atoms with Crippen molar-refractivity contribution in [1.82, 2.24) is 10.6 Å². The minimum atomic E-state index is 0.0588. The predicted molar refractivity (Wildman–Crippen MR) is 144 cm³/mol. The van der Waals surface area contributed by atoms with Crippen LogP contribution in [0.4, 0.5) is 5.69 Å². The van der Waals surface area contributed by atoms with Crippen molar-refractivity contribution in [2.45, 2.75) is 63.8 Å². The number of hydrogen-bond donors (Lipinski definition) is 2. The number of hydrogen-bond acceptors (Lipinski definition) is 4. The van der Waals surface area contributed by atoms with Crippen molar-refractivity contribution in [3.8, 4) is 5.75 Å². The van der Waals surface area contributed by atoms with Crippen LogP contribution < -0.4 is 20.3 Å². The average molecular weight is 476 g/mol. The second-order valence-electron chi connectivity index (χ2n) is 9.83. The van der Waals surface area contributed by atoms with E-state index in [1.54, 1.807) is 12.7 Å². The molecule has 1 aliphatic carbocycles. The van der Waals surface area contributed by atoms with E-state index in [9.17, 15) is 4.79 Å². The third-order valence-corrected chi connectivity index (χ3v) is 7.33. The molecule has 0 saturated carbocycles. The Labute approximate surface area is 210 Å². The van der Waals surface area contributed by atoms with Gasteiger partial charge in [0.15, 0.2) is 0 Å². The first-order chi connectivity index (χ1) is 17.2. The molecule has 0 aromatic heterocycles. The molecule has 0 spiro atoms. The smallest absolute Gasteiger partial charge is 0.224 e. The molecular weight excluding hydrogens is 434 g/mol. The van der Waals surface area contributed by atoms with Crippen LogP contribution in [0, 0.1) is 0 Å². The highest BCUT2D eigenvalue weighted by molar-refractivity contribution is 5.78. The highest BCUT2D eigenvalue weighted by Gasteiger charge is 2.19. The molecule has 1 fully saturated rings. The molecule has 1 heterocycles. The molecule has 188 valence electrons. The number of anilines is 1. The first kappa shape index (κ1) is 25.3. The lowest BCUT2D eigenvalue weighted by molar-refractivity contribution is -0.120. The van der Waals surface area contributed by atoms with Crippen LogP contribution in [0.15, 0.2) is 60.2 Å². The average Bonchev–Trinajstić information content (AvgIpc) is 2.90. The molecule has 2 N–H and O–H groups in total. The topological polar surface area (TPSA) is 53.6 Å². The Morgan fingerprint density at radius 2 is 1.80 bits per heavy atom. The lowest BCUT2D eigenvalue weighted by atomic mass is 9.97. The van der Waals surface area contributed by atoms with Gasteiger partial charge in [-0.2, -0.15) is 0 Å². The monoisotopic (exact) mass is 475 g/mol. The number of amides is 1. The van der Waals surface area contributed by atoms with E-state index in [4.69, 9.17) is 4.74 Å². The van der Waals surface area contributed by atoms with E-state index in [1.165, 1.54) is 50.6 Å². The van der Waals surface area contributed by atoms with Crippen LogP contribution in [-0.2, 0) is 17.6 Å². The van der Waals surface area contributed by atoms with Crippen molar-refractivity contribution in [3.63, 3.8) is 0 Å². The summed E-state index contributed by atoms with van der Waals surface area (Å²) in [6.07, 6.45) is 12.6. The Balaban J connectivity index is 1.14. The number of carbonyl (C=O) groups is 1. The van der Waals surface area contributed by atoms with Gasteiger partial charge in [-0.15, -0.1) is 0 Å². The number of allylic oxidation sites excluding steroid dienone is 1. The molecule has 2 aromatic rings. The molecule has 5 nitrogen and oxygen atoms in total. The van der Waals surface area contributed by atoms with Gasteiger partial charge in [-0.25, -0.2) is 0 Å². The van der Waals surface area contributed by atoms with Gasteiger partial charge in [0, 0.05) is 31.4 Å². The van der Waals surface area contributed by atoms with Gasteiger partial charge in [0.1, 0.15) is 5.75 Å². The summed E-state index contributed by atoms with van der Waals surface area (Å²) in [6, 6.07) is 17.1. The number of nitrogens with zero attached hydrogens (tertiary/aromatic N) is 1. The fourth-order valence-electron chi connectivity index (χ4n) is 5.23. The molecular formula is C30H41N3O2. The molecule has 35 heavy (non-hydrogen) atoms. The summed E-state index contributed by atoms with van der Waals surface area (Å²) in [7, 11) is 1.68. The second-order valence-corrected chi connectivity index (χ2v) is 9.83. The van der Waals surface area contributed by atoms with Gasteiger partial charge in [0.05, 0.1) is 13.5 Å². The van der Waals surface area contributed by atoms with Gasteiger partial charge in [-0.3, -0.25) is 4.79 Å². The number of benzene rings is 2. The van der Waals surface area contributed by atoms with E-state index in [0.717, 1.165) is 42.9 Å². The lowest BCUT2D eigenvalue weighted by Crippen LogP contribution is -2.42. The molecule has 4 rings (SSSR count). The van der Waals surface area contributed by atoms with Crippen molar-refractivity contribution in [2.75, 3.05) is 38.2 Å². The van der Waals surface area contributed by atoms with E-state index in [0.29, 0.717) is 19.0 Å². The fraction of sp³-hybridized carbons (Fsp3) is 0.500. The zero-order valence-electron chi connectivity index (χ0n) is 21.2. The first-order valence-electron chi connectivity index (χ1n) is 13.3. The number of ether oxygens (including phenoxy) is 1. The summed E-state index contributed by atoms with van der Waals surface area (Å²) in [4.78, 5) is 14.9. The van der Waals surface area contributed by atoms with Gasteiger partial charge >= 0.3 is 0 Å². The maximum atomic E-state index is 12.4. The standard InChI is InChI=1S/C30H41N3O2/c1-35-29-10-6-5-9-26(29)16-20-32-30(34)23-25-11-13-28(14-12-25)33-21-17-27(18-22-33)31-19-15-24-7-3-2-4-8-24/h5-7,9-14,27,31H,2-4,8,15-23H2,1H3,(H,32,34). The highest BCUT2D eigenvalue weighted by Crippen LogP contribution is 2.22. The minimum Gasteiger partial charge on any atom is -0.496 e. The summed E-state index contributed by atoms with van der Waals surface area (Å²) in [5, 5.41) is 6.82. The fourth-order valence-corrected chi connectivity index (χ4v) is 5.23. The predicted octanol–water partition coefficient (Wildman–Crippen LogP) is 5.05. The van der Waals surface area contributed by atoms with Gasteiger partial charge in [-0.1, -0.05) is 42.0 Å². The number of nitrogens with one attached hydrogen (secondary N) is 2. The van der Waals surface area contributed by atoms with Crippen molar-refractivity contribution in [2.24, 2.45) is 0 Å². The van der Waals surface area contributed by atoms with Crippen molar-refractivity contribution in [1.29, 1.82) is 0 Å². The largest absolute Gasteiger partial charge is 0.496 e. The molecule has 0 atom stereocenters. The molecule has 0 radical (unpaired) electrons. The summed E-state index contributed by atoms with van der Waals surface area (Å²) in [6.45, 7) is 3.90. The van der Waals surface area contributed by atoms with E-state index in [-0.39, 0.29) is 5.91 Å². The van der Waals surface area contributed by atoms with E-state index < -0.39 is 0 Å². The number of methoxy groups -OCH3 is 1. The minimum absolute atomic E-state index is 0.0588. The Kier molecular flexibility index (Phi) is 9.64. The molecule has 1 amide bonds. The normalized spacial score (nSPS) is 16.6. The lowest BCUT2D eigenvalue weighted by Gasteiger charge is -2.34. The number of rotatable bonds is 11. The van der Waals surface area contributed by atoms with E-state index in [2.05, 4.69) is 45.9 Å². The number of para-hydroxylation sites is 1. The molecule has 2 aromatic carbocycles. The summed E-state index contributed by atoms with van der Waals surface area (Å²) < 4.78 is 5.38. The SMILES string of the molecule is COc1ccccc1CCNC(=O)Cc1ccc(N2CCC(NCCC3=CCCCC3)CC2)cc1. The van der Waals surface area contributed by atoms with Crippen molar-refractivity contribution >= 4 is 11.6 Å². The van der Waals surface area contributed by atoms with Crippen molar-refractivity contribution in [3.05, 3.63) is 71.3 Å². The quantitative estimate of drug-likeness (QED) is 0.447. The van der Waals surface area contributed by atoms with Crippen LogP contribution in [0.1, 0.15) is 56.1 Å². The van der Waals surface area contributed by atoms with Crippen LogP contribution >= 0.6 is 0 Å². The molecule has 2 aliphatic rings. The van der Waals surface area contributed by atoms with Crippen LogP contribution in [0.3, 0.4) is 0 Å². The third-order valence-electron chi connectivity index (χ3n) is 7.33. The molecule has 1 aliphatic heterocycles. The Morgan fingerprint density at radius 3 is 2.54 bits per heavy atom. The maximum absolute atomic E-state index is 12.4. The second kappa shape index (κ2) is 13.3. The Bertz CT molecular complexity index is 962. The maximum Gasteiger partial charge on any atom is 0.224 e.